The highest BCUT2D eigenvalue weighted by molar-refractivity contribution is 5.75. The van der Waals surface area contributed by atoms with Gasteiger partial charge in [0.25, 0.3) is 12.6 Å². The molecule has 22 heavy (non-hydrogen) atoms. The van der Waals surface area contributed by atoms with E-state index in [2.05, 4.69) is 21.6 Å². The average molecular weight is 303 g/mol. The van der Waals surface area contributed by atoms with Gasteiger partial charge < -0.3 is 10.1 Å². The maximum Gasteiger partial charge on any atom is 0.326 e. The molecule has 0 fully saturated rings. The van der Waals surface area contributed by atoms with Crippen LogP contribution in [-0.2, 0) is 9.53 Å². The van der Waals surface area contributed by atoms with Gasteiger partial charge >= 0.3 is 5.97 Å². The number of nitrogens with zero attached hydrogens (tertiary/aromatic N) is 2. The Morgan fingerprint density at radius 1 is 1.36 bits per heavy atom. The van der Waals surface area contributed by atoms with Crippen LogP contribution in [0.3, 0.4) is 0 Å². The van der Waals surface area contributed by atoms with Gasteiger partial charge in [-0.3, -0.25) is 4.79 Å². The summed E-state index contributed by atoms with van der Waals surface area (Å²) in [6.45, 7) is 8.51. The molecule has 0 saturated carbocycles. The Labute approximate surface area is 130 Å². The zero-order chi connectivity index (χ0) is 16.1. The fourth-order valence-corrected chi connectivity index (χ4v) is 2.42. The molecular weight excluding hydrogens is 280 g/mol. The van der Waals surface area contributed by atoms with Crippen LogP contribution >= 0.6 is 0 Å². The van der Waals surface area contributed by atoms with Gasteiger partial charge in [0.1, 0.15) is 6.04 Å². The highest BCUT2D eigenvalue weighted by atomic mass is 16.6. The van der Waals surface area contributed by atoms with Crippen LogP contribution in [0, 0.1) is 13.8 Å². The minimum Gasteiger partial charge on any atom is -0.423 e. The topological polar surface area (TPSA) is 70.9 Å². The number of aromatic nitrogens is 3. The molecule has 0 aliphatic rings. The number of esters is 1. The van der Waals surface area contributed by atoms with E-state index in [-0.39, 0.29) is 12.0 Å². The summed E-state index contributed by atoms with van der Waals surface area (Å²) in [4.78, 5) is 12.3. The van der Waals surface area contributed by atoms with E-state index in [1.807, 2.05) is 32.9 Å². The van der Waals surface area contributed by atoms with E-state index in [4.69, 9.17) is 4.74 Å². The van der Waals surface area contributed by atoms with E-state index in [0.29, 0.717) is 6.54 Å². The molecule has 0 bridgehead atoms. The molecule has 1 unspecified atom stereocenters. The highest BCUT2D eigenvalue weighted by Crippen LogP contribution is 2.18. The van der Waals surface area contributed by atoms with Gasteiger partial charge in [0.05, 0.1) is 0 Å². The Morgan fingerprint density at radius 3 is 2.59 bits per heavy atom. The molecule has 2 aromatic rings. The van der Waals surface area contributed by atoms with Crippen LogP contribution < -0.4 is 9.88 Å². The fourth-order valence-electron chi connectivity index (χ4n) is 2.42. The number of carbonyl (C=O) groups is 1. The molecule has 0 radical (unpaired) electrons. The first-order valence-electron chi connectivity index (χ1n) is 7.43. The monoisotopic (exact) mass is 303 g/mol. The predicted molar refractivity (Wildman–Crippen MR) is 82.1 cm³/mol. The number of hydrogen-bond acceptors (Lipinski definition) is 4. The average Bonchev–Trinajstić information content (AvgIpc) is 2.97. The second-order valence-electron chi connectivity index (χ2n) is 5.44. The smallest absolute Gasteiger partial charge is 0.326 e. The summed E-state index contributed by atoms with van der Waals surface area (Å²) in [6.07, 6.45) is 2.74. The van der Waals surface area contributed by atoms with Crippen LogP contribution in [0.4, 0.5) is 0 Å². The van der Waals surface area contributed by atoms with Crippen molar-refractivity contribution in [2.75, 3.05) is 6.54 Å². The fraction of sp³-hybridized carbons (Fsp3) is 0.438. The number of likely N-dealkylation sites (N-methyl/N-ethyl adjacent to an activating group) is 1. The lowest BCUT2D eigenvalue weighted by molar-refractivity contribution is -0.746. The van der Waals surface area contributed by atoms with Gasteiger partial charge in [0, 0.05) is 10.7 Å². The molecular formula is C16H23N4O2+. The Morgan fingerprint density at radius 2 is 2.05 bits per heavy atom. The van der Waals surface area contributed by atoms with Crippen molar-refractivity contribution < 1.29 is 14.1 Å². The van der Waals surface area contributed by atoms with Crippen molar-refractivity contribution in [3.63, 3.8) is 0 Å². The summed E-state index contributed by atoms with van der Waals surface area (Å²) in [6, 6.07) is 5.76. The Balaban J connectivity index is 2.30. The van der Waals surface area contributed by atoms with Crippen molar-refractivity contribution >= 4 is 5.97 Å². The minimum atomic E-state index is -0.536. The van der Waals surface area contributed by atoms with E-state index in [1.54, 1.807) is 24.1 Å². The van der Waals surface area contributed by atoms with Crippen LogP contribution in [0.15, 0.2) is 30.9 Å². The lowest BCUT2D eigenvalue weighted by atomic mass is 10.1. The lowest BCUT2D eigenvalue weighted by Crippen LogP contribution is -2.44. The summed E-state index contributed by atoms with van der Waals surface area (Å²) in [5.74, 6) is -0.292. The Kier molecular flexibility index (Phi) is 5.27. The second kappa shape index (κ2) is 7.17. The first-order valence-corrected chi connectivity index (χ1v) is 7.43. The van der Waals surface area contributed by atoms with Crippen molar-refractivity contribution in [1.29, 1.82) is 0 Å². The van der Waals surface area contributed by atoms with E-state index in [9.17, 15) is 4.79 Å². The first kappa shape index (κ1) is 16.2. The molecule has 1 aromatic heterocycles. The molecule has 0 saturated heterocycles. The number of H-pyrrole nitrogens is 1. The third-order valence-electron chi connectivity index (χ3n) is 3.36. The number of aryl methyl sites for hydroxylation is 2. The molecule has 118 valence electrons. The molecule has 2 N–H and O–H groups in total. The lowest BCUT2D eigenvalue weighted by Gasteiger charge is -2.19. The Bertz CT molecular complexity index is 605. The molecule has 2 atom stereocenters. The highest BCUT2D eigenvalue weighted by Gasteiger charge is 2.25. The molecule has 1 aromatic carbocycles. The molecule has 6 heteroatoms. The standard InChI is InChI=1S/C16H22N4O2/c1-5-17-13(4)16(21)22-15(20-9-18-19-10-20)14-7-11(2)6-12(3)8-14/h6-10,13,15,17H,5H2,1-4H3/p+1/t13-,15?/m0/s1. The number of benzene rings is 1. The zero-order valence-electron chi connectivity index (χ0n) is 13.5. The Hall–Kier alpha value is -2.21. The number of aromatic amines is 1. The van der Waals surface area contributed by atoms with Crippen molar-refractivity contribution in [1.82, 2.24) is 15.5 Å². The van der Waals surface area contributed by atoms with Gasteiger partial charge in [-0.15, -0.1) is 5.10 Å². The second-order valence-corrected chi connectivity index (χ2v) is 5.44. The van der Waals surface area contributed by atoms with Gasteiger partial charge in [0.15, 0.2) is 0 Å². The molecule has 0 spiro atoms. The normalized spacial score (nSPS) is 13.6. The summed E-state index contributed by atoms with van der Waals surface area (Å²) in [7, 11) is 0. The van der Waals surface area contributed by atoms with Crippen LogP contribution in [-0.4, -0.2) is 28.8 Å². The van der Waals surface area contributed by atoms with E-state index in [0.717, 1.165) is 16.7 Å². The summed E-state index contributed by atoms with van der Waals surface area (Å²) in [5.41, 5.74) is 3.17. The van der Waals surface area contributed by atoms with Crippen LogP contribution in [0.25, 0.3) is 0 Å². The zero-order valence-corrected chi connectivity index (χ0v) is 13.5. The number of ether oxygens (including phenoxy) is 1. The van der Waals surface area contributed by atoms with Crippen LogP contribution in [0.2, 0.25) is 0 Å². The van der Waals surface area contributed by atoms with Gasteiger partial charge in [-0.2, -0.15) is 4.57 Å². The minimum absolute atomic E-state index is 0.292. The van der Waals surface area contributed by atoms with Gasteiger partial charge in [-0.1, -0.05) is 24.1 Å². The summed E-state index contributed by atoms with van der Waals surface area (Å²) < 4.78 is 7.45. The maximum atomic E-state index is 12.3. The van der Waals surface area contributed by atoms with Crippen molar-refractivity contribution in [2.45, 2.75) is 40.0 Å². The summed E-state index contributed by atoms with van der Waals surface area (Å²) in [5, 5.41) is 9.74. The largest absolute Gasteiger partial charge is 0.423 e. The quantitative estimate of drug-likeness (QED) is 0.625. The van der Waals surface area contributed by atoms with E-state index in [1.165, 1.54) is 0 Å². The molecule has 1 heterocycles. The predicted octanol–water partition coefficient (Wildman–Crippen LogP) is 1.40. The summed E-state index contributed by atoms with van der Waals surface area (Å²) >= 11 is 0. The first-order chi connectivity index (χ1) is 10.5. The number of rotatable bonds is 6. The van der Waals surface area contributed by atoms with Gasteiger partial charge in [-0.05, 0) is 39.4 Å². The van der Waals surface area contributed by atoms with Gasteiger partial charge in [0.2, 0.25) is 6.33 Å². The van der Waals surface area contributed by atoms with Crippen molar-refractivity contribution in [3.8, 4) is 0 Å². The molecule has 6 nitrogen and oxygen atoms in total. The third-order valence-corrected chi connectivity index (χ3v) is 3.36. The number of carbonyl (C=O) groups excluding carboxylic acids is 1. The number of hydrogen-bond donors (Lipinski definition) is 2. The molecule has 0 aliphatic heterocycles. The van der Waals surface area contributed by atoms with Gasteiger partial charge in [-0.25, -0.2) is 0 Å². The van der Waals surface area contributed by atoms with Crippen molar-refractivity contribution in [3.05, 3.63) is 47.5 Å². The molecule has 0 amide bonds. The molecule has 0 aliphatic carbocycles. The number of nitrogens with one attached hydrogen (secondary N) is 2. The van der Waals surface area contributed by atoms with E-state index >= 15 is 0 Å². The maximum absolute atomic E-state index is 12.3. The van der Waals surface area contributed by atoms with Crippen LogP contribution in [0.5, 0.6) is 0 Å². The van der Waals surface area contributed by atoms with E-state index < -0.39 is 6.23 Å². The SMILES string of the molecule is CCN[C@@H](C)C(=O)OC(c1cc(C)cc(C)c1)[n+]1cn[nH]c1. The third kappa shape index (κ3) is 3.92. The molecule has 2 rings (SSSR count). The van der Waals surface area contributed by atoms with Crippen LogP contribution in [0.1, 0.15) is 36.8 Å². The van der Waals surface area contributed by atoms with Crippen molar-refractivity contribution in [2.24, 2.45) is 0 Å².